The Hall–Kier alpha value is -10.2. The van der Waals surface area contributed by atoms with Crippen LogP contribution >= 0.6 is 0 Å². The number of hydrogen-bond acceptors (Lipinski definition) is 6. The number of halogens is 1. The number of aromatic nitrogens is 6. The van der Waals surface area contributed by atoms with Crippen molar-refractivity contribution in [1.82, 2.24) is 29.9 Å². The molecule has 3 radical (unpaired) electrons. The Morgan fingerprint density at radius 3 is 0.990 bits per heavy atom. The number of hydrogen-bond donors (Lipinski definition) is 0. The van der Waals surface area contributed by atoms with Crippen LogP contribution in [0.25, 0.3) is 101 Å². The third-order valence-corrected chi connectivity index (χ3v) is 14.8. The van der Waals surface area contributed by atoms with Crippen LogP contribution in [0.2, 0.25) is 0 Å². The van der Waals surface area contributed by atoms with Crippen LogP contribution < -0.4 is 0 Å². The van der Waals surface area contributed by atoms with Gasteiger partial charge in [0.2, 0.25) is 0 Å². The Morgan fingerprint density at radius 1 is 0.360 bits per heavy atom. The van der Waals surface area contributed by atoms with Crippen LogP contribution in [0.5, 0.6) is 0 Å². The van der Waals surface area contributed by atoms with Gasteiger partial charge < -0.3 is 29.9 Å². The second kappa shape index (κ2) is 41.9. The molecule has 0 fully saturated rings. The van der Waals surface area contributed by atoms with Gasteiger partial charge in [-0.15, -0.1) is 215 Å². The van der Waals surface area contributed by atoms with Gasteiger partial charge in [0, 0.05) is 106 Å². The smallest absolute Gasteiger partial charge is 0.123 e. The number of nitrogens with zero attached hydrogens (tertiary/aromatic N) is 6. The molecule has 1 atom stereocenters. The van der Waals surface area contributed by atoms with Crippen LogP contribution in [0, 0.1) is 49.1 Å². The van der Waals surface area contributed by atoms with E-state index in [9.17, 15) is 4.39 Å². The summed E-state index contributed by atoms with van der Waals surface area (Å²) in [6.45, 7) is 2.49. The Kier molecular flexibility index (Phi) is 28.6. The van der Waals surface area contributed by atoms with E-state index in [-0.39, 0.29) is 66.1 Å². The van der Waals surface area contributed by atoms with Gasteiger partial charge in [0.1, 0.15) is 5.82 Å². The molecule has 0 N–H and O–H groups in total. The van der Waals surface area contributed by atoms with Crippen molar-refractivity contribution in [2.45, 2.75) is 39.9 Å². The Morgan fingerprint density at radius 2 is 0.680 bits per heavy atom. The summed E-state index contributed by atoms with van der Waals surface area (Å²) in [6, 6.07) is 114. The van der Waals surface area contributed by atoms with Gasteiger partial charge in [-0.1, -0.05) is 148 Å². The van der Waals surface area contributed by atoms with Crippen molar-refractivity contribution in [3.63, 3.8) is 0 Å². The SMILES string of the molecule is Cc1cc(F)ccc1-c1ccc(-c2[c-]cccc2)nc1.[2H]C([2H])(C)c1ccccc1-c1ccc(-c2[c-]cccc2)nc1.[2H]C([2H])([2H])C([2H])(C)c1ccccc1-c1ccc(-c2[c-]cccc2)nc1.[Ir].[Ir].[Ir].[c-]1ccccc1-c1ccccn1.[c-]1ccccc1-c1ccccn1.[c-]1ccccc1-c1ccccn1. The molecule has 6 aromatic heterocycles. The van der Waals surface area contributed by atoms with E-state index >= 15 is 0 Å². The van der Waals surface area contributed by atoms with Crippen LogP contribution in [-0.4, -0.2) is 29.9 Å². The van der Waals surface area contributed by atoms with Gasteiger partial charge >= 0.3 is 0 Å². The zero-order valence-electron chi connectivity index (χ0n) is 60.9. The van der Waals surface area contributed by atoms with Gasteiger partial charge in [-0.2, -0.15) is 0 Å². The third-order valence-electron chi connectivity index (χ3n) is 14.8. The Balaban J connectivity index is 0.000000181. The molecular weight excluding hydrogens is 1760 g/mol. The fourth-order valence-electron chi connectivity index (χ4n) is 9.99. The molecule has 15 rings (SSSR count). The minimum atomic E-state index is -2.42. The van der Waals surface area contributed by atoms with E-state index in [0.29, 0.717) is 16.7 Å². The van der Waals surface area contributed by atoms with Crippen molar-refractivity contribution in [1.29, 1.82) is 0 Å². The molecule has 6 heterocycles. The first-order valence-corrected chi connectivity index (χ1v) is 31.4. The molecular formula is C90H71FIr3N6-6. The zero-order valence-corrected chi connectivity index (χ0v) is 62.1. The normalized spacial score (nSPS) is 11.7. The fraction of sp³-hybridized carbons (Fsp3) is 0.0667. The molecule has 0 saturated heterocycles. The van der Waals surface area contributed by atoms with E-state index in [4.69, 9.17) is 8.22 Å². The summed E-state index contributed by atoms with van der Waals surface area (Å²) in [6.07, 6.45) is 9.30. The van der Waals surface area contributed by atoms with E-state index < -0.39 is 19.1 Å². The van der Waals surface area contributed by atoms with Crippen LogP contribution in [0.15, 0.2) is 340 Å². The van der Waals surface area contributed by atoms with Crippen LogP contribution in [-0.2, 0) is 66.7 Å². The molecule has 1 unspecified atom stereocenters. The summed E-state index contributed by atoms with van der Waals surface area (Å²) in [7, 11) is 0. The van der Waals surface area contributed by atoms with Crippen molar-refractivity contribution in [2.75, 3.05) is 0 Å². The van der Waals surface area contributed by atoms with Crippen LogP contribution in [0.3, 0.4) is 0 Å². The van der Waals surface area contributed by atoms with Gasteiger partial charge in [0.15, 0.2) is 0 Å². The second-order valence-electron chi connectivity index (χ2n) is 21.5. The maximum atomic E-state index is 13.1. The molecule has 10 heteroatoms. The van der Waals surface area contributed by atoms with Crippen molar-refractivity contribution >= 4 is 0 Å². The Bertz CT molecular complexity index is 4700. The number of rotatable bonds is 11. The maximum Gasteiger partial charge on any atom is 0.123 e. The molecule has 9 aromatic carbocycles. The second-order valence-corrected chi connectivity index (χ2v) is 21.5. The molecule has 0 aliphatic heterocycles. The maximum absolute atomic E-state index is 13.1. The van der Waals surface area contributed by atoms with Crippen molar-refractivity contribution in [2.24, 2.45) is 0 Å². The third kappa shape index (κ3) is 23.2. The molecule has 0 aliphatic carbocycles. The monoisotopic (exact) mass is 1840 g/mol. The summed E-state index contributed by atoms with van der Waals surface area (Å²) in [5, 5.41) is 0. The average Bonchev–Trinajstić information content (AvgIpc) is 0.771. The largest absolute Gasteiger partial charge is 0.305 e. The number of benzene rings is 9. The van der Waals surface area contributed by atoms with Gasteiger partial charge in [-0.3, -0.25) is 0 Å². The zero-order chi connectivity index (χ0) is 72.3. The Labute approximate surface area is 638 Å². The standard InChI is InChI=1S/C20H18N.C19H16N.C18H13FN.3C11H8N.3Ir/c1-15(2)18-10-6-7-11-19(18)17-12-13-20(21-14-17)16-8-4-3-5-9-16;1-2-15-8-6-7-11-18(15)17-12-13-19(20-14-17)16-9-4-3-5-10-16;1-13-11-16(19)8-9-17(13)15-7-10-18(20-12-15)14-5-3-2-4-6-14;3*1-2-6-10(7-3-1)11-8-4-5-9-12-11;;;/h3-8,10-15H,1-2H3;3-9,11-14H,2H2,1H3;2-5,7-12H,1H3;3*1-6,8-9H;;;/q6*-1;;;/i1D3,15D;2D2;;;;;;;. The predicted octanol–water partition coefficient (Wildman–Crippen LogP) is 22.4. The molecule has 0 bridgehead atoms. The van der Waals surface area contributed by atoms with E-state index in [2.05, 4.69) is 66.3 Å². The molecule has 6 nitrogen and oxygen atoms in total. The molecule has 0 spiro atoms. The molecule has 0 aliphatic rings. The molecule has 0 amide bonds. The molecule has 15 aromatic rings. The van der Waals surface area contributed by atoms with Crippen molar-refractivity contribution < 1.29 is 72.9 Å². The predicted molar refractivity (Wildman–Crippen MR) is 396 cm³/mol. The van der Waals surface area contributed by atoms with Crippen molar-refractivity contribution in [3.05, 3.63) is 399 Å². The van der Waals surface area contributed by atoms with E-state index in [1.54, 1.807) is 56.1 Å². The first-order chi connectivity index (χ1) is 50.0. The minimum Gasteiger partial charge on any atom is -0.305 e. The summed E-state index contributed by atoms with van der Waals surface area (Å²) < 4.78 is 60.6. The number of aryl methyl sites for hydroxylation is 2. The summed E-state index contributed by atoms with van der Waals surface area (Å²) in [4.78, 5) is 26.1. The van der Waals surface area contributed by atoms with Gasteiger partial charge in [-0.05, 0) is 134 Å². The summed E-state index contributed by atoms with van der Waals surface area (Å²) in [5.74, 6) is -1.91. The minimum absolute atomic E-state index is 0. The van der Waals surface area contributed by atoms with E-state index in [1.165, 1.54) is 19.1 Å². The molecule has 501 valence electrons. The molecule has 0 saturated carbocycles. The molecule has 100 heavy (non-hydrogen) atoms. The van der Waals surface area contributed by atoms with E-state index in [0.717, 1.165) is 101 Å². The quantitative estimate of drug-likeness (QED) is 0.120. The van der Waals surface area contributed by atoms with Gasteiger partial charge in [0.25, 0.3) is 0 Å². The van der Waals surface area contributed by atoms with E-state index in [1.807, 2.05) is 286 Å². The summed E-state index contributed by atoms with van der Waals surface area (Å²) >= 11 is 0. The van der Waals surface area contributed by atoms with Crippen LogP contribution in [0.1, 0.15) is 51.5 Å². The van der Waals surface area contributed by atoms with Crippen LogP contribution in [0.4, 0.5) is 4.39 Å². The topological polar surface area (TPSA) is 77.3 Å². The fourth-order valence-corrected chi connectivity index (χ4v) is 9.99. The average molecular weight is 1840 g/mol. The number of pyridine rings is 6. The first kappa shape index (κ1) is 68.3. The first-order valence-electron chi connectivity index (χ1n) is 34.4. The van der Waals surface area contributed by atoms with Crippen molar-refractivity contribution in [3.8, 4) is 101 Å². The van der Waals surface area contributed by atoms with Gasteiger partial charge in [-0.25, -0.2) is 4.39 Å². The van der Waals surface area contributed by atoms with Gasteiger partial charge in [0.05, 0.1) is 0 Å². The summed E-state index contributed by atoms with van der Waals surface area (Å²) in [5.41, 5.74) is 18.7.